The van der Waals surface area contributed by atoms with Crippen molar-refractivity contribution in [2.45, 2.75) is 58.4 Å². The van der Waals surface area contributed by atoms with Gasteiger partial charge in [-0.2, -0.15) is 0 Å². The molecule has 0 unspecified atom stereocenters. The molecule has 2 aliphatic heterocycles. The van der Waals surface area contributed by atoms with Crippen LogP contribution in [0.3, 0.4) is 0 Å². The maximum atomic E-state index is 13.2. The molecule has 3 rings (SSSR count). The van der Waals surface area contributed by atoms with Crippen LogP contribution in [0, 0.1) is 0 Å². The molecule has 12 heteroatoms. The van der Waals surface area contributed by atoms with E-state index < -0.39 is 40.5 Å². The SMILES string of the molecule is CC(C)(C)OC(=O)N1CCN(C(=O)OC(C)(C)C)CC2(C1)NC(=O)c1c(Cl)cc(Br)c(=O)n12. The summed E-state index contributed by atoms with van der Waals surface area (Å²) in [6.45, 7) is 10.4. The van der Waals surface area contributed by atoms with Gasteiger partial charge in [0.1, 0.15) is 16.9 Å². The molecule has 2 aliphatic rings. The first-order valence-corrected chi connectivity index (χ1v) is 11.6. The Balaban J connectivity index is 2.12. The van der Waals surface area contributed by atoms with E-state index in [1.807, 2.05) is 0 Å². The molecule has 0 aromatic carbocycles. The highest BCUT2D eigenvalue weighted by Gasteiger charge is 2.50. The summed E-state index contributed by atoms with van der Waals surface area (Å²) >= 11 is 9.49. The second kappa shape index (κ2) is 8.50. The van der Waals surface area contributed by atoms with Crippen LogP contribution in [0.1, 0.15) is 52.0 Å². The number of carbonyl (C=O) groups excluding carboxylic acids is 3. The predicted octanol–water partition coefficient (Wildman–Crippen LogP) is 3.15. The monoisotopic (exact) mass is 546 g/mol. The van der Waals surface area contributed by atoms with E-state index in [9.17, 15) is 19.2 Å². The Morgan fingerprint density at radius 2 is 1.45 bits per heavy atom. The minimum Gasteiger partial charge on any atom is -0.444 e. The van der Waals surface area contributed by atoms with Gasteiger partial charge in [-0.25, -0.2) is 9.59 Å². The molecule has 3 amide bonds. The van der Waals surface area contributed by atoms with Gasteiger partial charge in [-0.05, 0) is 63.5 Å². The lowest BCUT2D eigenvalue weighted by Gasteiger charge is -2.36. The summed E-state index contributed by atoms with van der Waals surface area (Å²) in [4.78, 5) is 54.7. The first-order valence-electron chi connectivity index (χ1n) is 10.4. The molecule has 1 saturated heterocycles. The summed E-state index contributed by atoms with van der Waals surface area (Å²) in [5.74, 6) is -0.584. The number of rotatable bonds is 0. The van der Waals surface area contributed by atoms with Crippen molar-refractivity contribution in [3.8, 4) is 0 Å². The fraction of sp³-hybridized carbons (Fsp3) is 0.619. The van der Waals surface area contributed by atoms with Crippen LogP contribution in [0.4, 0.5) is 9.59 Å². The minimum absolute atomic E-state index is 0.0416. The highest BCUT2D eigenvalue weighted by Crippen LogP contribution is 2.32. The molecule has 1 aromatic heterocycles. The third-order valence-electron chi connectivity index (χ3n) is 4.95. The maximum absolute atomic E-state index is 13.2. The number of hydrogen-bond donors (Lipinski definition) is 1. The molecule has 1 aromatic rings. The number of amides is 3. The summed E-state index contributed by atoms with van der Waals surface area (Å²) in [6, 6.07) is 1.35. The Bertz CT molecular complexity index is 1020. The lowest BCUT2D eigenvalue weighted by atomic mass is 10.1. The first-order chi connectivity index (χ1) is 15.0. The van der Waals surface area contributed by atoms with Gasteiger partial charge in [0.2, 0.25) is 0 Å². The van der Waals surface area contributed by atoms with Gasteiger partial charge in [0.25, 0.3) is 11.5 Å². The van der Waals surface area contributed by atoms with E-state index in [2.05, 4.69) is 21.2 Å². The van der Waals surface area contributed by atoms with Crippen LogP contribution in [0.2, 0.25) is 5.02 Å². The number of hydrogen-bond acceptors (Lipinski definition) is 6. The van der Waals surface area contributed by atoms with E-state index in [0.717, 1.165) is 0 Å². The van der Waals surface area contributed by atoms with Crippen molar-refractivity contribution in [1.82, 2.24) is 19.7 Å². The summed E-state index contributed by atoms with van der Waals surface area (Å²) in [5, 5.41) is 2.86. The summed E-state index contributed by atoms with van der Waals surface area (Å²) in [6.07, 6.45) is -1.27. The van der Waals surface area contributed by atoms with E-state index in [1.165, 1.54) is 20.4 Å². The number of ether oxygens (including phenoxy) is 2. The zero-order valence-electron chi connectivity index (χ0n) is 19.5. The molecule has 1 spiro atoms. The van der Waals surface area contributed by atoms with Crippen molar-refractivity contribution in [3.05, 3.63) is 31.6 Å². The van der Waals surface area contributed by atoms with E-state index in [-0.39, 0.29) is 41.4 Å². The molecule has 0 saturated carbocycles. The topological polar surface area (TPSA) is 110 Å². The van der Waals surface area contributed by atoms with Crippen molar-refractivity contribution in [3.63, 3.8) is 0 Å². The predicted molar refractivity (Wildman–Crippen MR) is 124 cm³/mol. The van der Waals surface area contributed by atoms with Crippen molar-refractivity contribution < 1.29 is 23.9 Å². The van der Waals surface area contributed by atoms with Crippen LogP contribution < -0.4 is 10.9 Å². The highest BCUT2D eigenvalue weighted by molar-refractivity contribution is 9.10. The fourth-order valence-corrected chi connectivity index (χ4v) is 4.58. The van der Waals surface area contributed by atoms with E-state index >= 15 is 0 Å². The zero-order valence-corrected chi connectivity index (χ0v) is 21.8. The quantitative estimate of drug-likeness (QED) is 0.534. The molecule has 182 valence electrons. The number of halogens is 2. The minimum atomic E-state index is -1.47. The Labute approximate surface area is 205 Å². The van der Waals surface area contributed by atoms with Gasteiger partial charge in [0.15, 0.2) is 5.66 Å². The smallest absolute Gasteiger partial charge is 0.410 e. The number of nitrogens with one attached hydrogen (secondary N) is 1. The Kier molecular flexibility index (Phi) is 6.53. The number of fused-ring (bicyclic) bond motifs is 2. The van der Waals surface area contributed by atoms with Crippen LogP contribution in [-0.4, -0.2) is 69.8 Å². The summed E-state index contributed by atoms with van der Waals surface area (Å²) in [7, 11) is 0. The maximum Gasteiger partial charge on any atom is 0.410 e. The van der Waals surface area contributed by atoms with Crippen molar-refractivity contribution >= 4 is 45.6 Å². The summed E-state index contributed by atoms with van der Waals surface area (Å²) in [5.41, 5.74) is -3.56. The van der Waals surface area contributed by atoms with Crippen LogP contribution >= 0.6 is 27.5 Å². The molecule has 0 bridgehead atoms. The summed E-state index contributed by atoms with van der Waals surface area (Å²) < 4.78 is 12.4. The molecular weight excluding hydrogens is 520 g/mol. The number of pyridine rings is 1. The van der Waals surface area contributed by atoms with E-state index in [4.69, 9.17) is 21.1 Å². The Morgan fingerprint density at radius 3 is 1.88 bits per heavy atom. The largest absolute Gasteiger partial charge is 0.444 e. The van der Waals surface area contributed by atoms with Gasteiger partial charge in [-0.15, -0.1) is 0 Å². The van der Waals surface area contributed by atoms with Crippen LogP contribution in [0.25, 0.3) is 0 Å². The van der Waals surface area contributed by atoms with Gasteiger partial charge < -0.3 is 24.6 Å². The third kappa shape index (κ3) is 5.29. The standard InChI is InChI=1S/C21H28BrClN4O6/c1-19(2,3)32-17(30)25-7-8-26(18(31)33-20(4,5)6)11-21(10-25)24-15(28)14-13(23)9-12(22)16(29)27(14)21/h9H,7-8,10-11H2,1-6H3,(H,24,28). The molecule has 0 radical (unpaired) electrons. The van der Waals surface area contributed by atoms with E-state index in [1.54, 1.807) is 41.5 Å². The van der Waals surface area contributed by atoms with Gasteiger partial charge in [-0.3, -0.25) is 14.2 Å². The number of carbonyl (C=O) groups is 3. The third-order valence-corrected chi connectivity index (χ3v) is 5.80. The number of aromatic nitrogens is 1. The van der Waals surface area contributed by atoms with Gasteiger partial charge >= 0.3 is 12.2 Å². The van der Waals surface area contributed by atoms with Crippen LogP contribution in [0.15, 0.2) is 15.3 Å². The van der Waals surface area contributed by atoms with E-state index in [0.29, 0.717) is 0 Å². The molecule has 0 aliphatic carbocycles. The molecule has 10 nitrogen and oxygen atoms in total. The average molecular weight is 548 g/mol. The molecule has 1 fully saturated rings. The molecule has 3 heterocycles. The van der Waals surface area contributed by atoms with Crippen LogP contribution in [-0.2, 0) is 15.1 Å². The lowest BCUT2D eigenvalue weighted by Crippen LogP contribution is -2.59. The van der Waals surface area contributed by atoms with Crippen molar-refractivity contribution in [1.29, 1.82) is 0 Å². The van der Waals surface area contributed by atoms with Crippen LogP contribution in [0.5, 0.6) is 0 Å². The molecular formula is C21H28BrClN4O6. The normalized spacial score (nSPS) is 18.0. The Morgan fingerprint density at radius 1 is 1.00 bits per heavy atom. The van der Waals surface area contributed by atoms with Crippen molar-refractivity contribution in [2.75, 3.05) is 26.2 Å². The Hall–Kier alpha value is -2.27. The average Bonchev–Trinajstić information content (AvgIpc) is 2.78. The number of nitrogens with zero attached hydrogens (tertiary/aromatic N) is 3. The molecule has 33 heavy (non-hydrogen) atoms. The second-order valence-corrected chi connectivity index (χ2v) is 11.4. The van der Waals surface area contributed by atoms with Crippen molar-refractivity contribution in [2.24, 2.45) is 0 Å². The molecule has 1 N–H and O–H groups in total. The lowest BCUT2D eigenvalue weighted by molar-refractivity contribution is 0.0168. The molecule has 0 atom stereocenters. The zero-order chi connectivity index (χ0) is 24.9. The fourth-order valence-electron chi connectivity index (χ4n) is 3.77. The van der Waals surface area contributed by atoms with Gasteiger partial charge in [-0.1, -0.05) is 11.6 Å². The van der Waals surface area contributed by atoms with Gasteiger partial charge in [0, 0.05) is 13.1 Å². The highest BCUT2D eigenvalue weighted by atomic mass is 79.9. The second-order valence-electron chi connectivity index (χ2n) is 10.1. The van der Waals surface area contributed by atoms with Gasteiger partial charge in [0.05, 0.1) is 22.6 Å². The first kappa shape index (κ1) is 25.4.